The Hall–Kier alpha value is -1.61. The lowest BCUT2D eigenvalue weighted by Gasteiger charge is -2.11. The van der Waals surface area contributed by atoms with Crippen LogP contribution in [0.3, 0.4) is 0 Å². The first kappa shape index (κ1) is 10.3. The van der Waals surface area contributed by atoms with E-state index in [1.165, 1.54) is 24.1 Å². The zero-order valence-corrected chi connectivity index (χ0v) is 10.3. The van der Waals surface area contributed by atoms with E-state index in [0.29, 0.717) is 0 Å². The Morgan fingerprint density at radius 1 is 1.11 bits per heavy atom. The molecule has 2 aromatic rings. The molecule has 0 atom stereocenters. The number of hydrogen-bond acceptors (Lipinski definition) is 2. The van der Waals surface area contributed by atoms with E-state index in [4.69, 9.17) is 5.73 Å². The highest BCUT2D eigenvalue weighted by Gasteiger charge is 2.39. The van der Waals surface area contributed by atoms with E-state index >= 15 is 0 Å². The molecule has 4 rings (SSSR count). The molecular formula is C15H17N3. The fourth-order valence-corrected chi connectivity index (χ4v) is 2.58. The lowest BCUT2D eigenvalue weighted by Crippen LogP contribution is -2.18. The highest BCUT2D eigenvalue weighted by Crippen LogP contribution is 2.43. The van der Waals surface area contributed by atoms with Gasteiger partial charge in [0.1, 0.15) is 0 Å². The van der Waals surface area contributed by atoms with Crippen LogP contribution in [0.1, 0.15) is 42.9 Å². The molecular weight excluding hydrogens is 222 g/mol. The van der Waals surface area contributed by atoms with Gasteiger partial charge in [0.2, 0.25) is 0 Å². The molecule has 3 heteroatoms. The molecule has 1 aromatic heterocycles. The van der Waals surface area contributed by atoms with E-state index in [9.17, 15) is 0 Å². The Labute approximate surface area is 107 Å². The lowest BCUT2D eigenvalue weighted by atomic mass is 10.1. The van der Waals surface area contributed by atoms with Crippen LogP contribution in [0.15, 0.2) is 36.5 Å². The van der Waals surface area contributed by atoms with Gasteiger partial charge in [-0.15, -0.1) is 0 Å². The lowest BCUT2D eigenvalue weighted by molar-refractivity contribution is 0.737. The van der Waals surface area contributed by atoms with Gasteiger partial charge in [-0.25, -0.2) is 4.68 Å². The van der Waals surface area contributed by atoms with Gasteiger partial charge >= 0.3 is 0 Å². The Morgan fingerprint density at radius 3 is 2.44 bits per heavy atom. The summed E-state index contributed by atoms with van der Waals surface area (Å²) in [6.07, 6.45) is 6.72. The molecule has 18 heavy (non-hydrogen) atoms. The zero-order chi connectivity index (χ0) is 12.2. The van der Waals surface area contributed by atoms with E-state index in [1.807, 2.05) is 6.20 Å². The predicted octanol–water partition coefficient (Wildman–Crippen LogP) is 2.70. The molecule has 2 aliphatic rings. The van der Waals surface area contributed by atoms with Crippen LogP contribution in [0.25, 0.3) is 5.69 Å². The molecule has 2 saturated carbocycles. The van der Waals surface area contributed by atoms with Gasteiger partial charge in [-0.3, -0.25) is 0 Å². The molecule has 0 radical (unpaired) electrons. The van der Waals surface area contributed by atoms with Crippen LogP contribution in [-0.2, 0) is 5.54 Å². The predicted molar refractivity (Wildman–Crippen MR) is 70.6 cm³/mol. The third-order valence-electron chi connectivity index (χ3n) is 4.14. The summed E-state index contributed by atoms with van der Waals surface area (Å²) in [6, 6.07) is 10.7. The molecule has 92 valence electrons. The monoisotopic (exact) mass is 239 g/mol. The van der Waals surface area contributed by atoms with Gasteiger partial charge in [0.15, 0.2) is 0 Å². The molecule has 2 N–H and O–H groups in total. The molecule has 0 bridgehead atoms. The van der Waals surface area contributed by atoms with E-state index in [2.05, 4.69) is 40.1 Å². The van der Waals surface area contributed by atoms with Crippen LogP contribution >= 0.6 is 0 Å². The first-order valence-electron chi connectivity index (χ1n) is 6.70. The number of hydrogen-bond donors (Lipinski definition) is 1. The summed E-state index contributed by atoms with van der Waals surface area (Å²) in [4.78, 5) is 0. The summed E-state index contributed by atoms with van der Waals surface area (Å²) in [5, 5.41) is 4.44. The van der Waals surface area contributed by atoms with E-state index in [1.54, 1.807) is 0 Å². The molecule has 1 heterocycles. The summed E-state index contributed by atoms with van der Waals surface area (Å²) in [5.41, 5.74) is 9.91. The molecule has 0 unspecified atom stereocenters. The Bertz CT molecular complexity index is 574. The second-order valence-electron chi connectivity index (χ2n) is 5.65. The maximum Gasteiger partial charge on any atom is 0.0649 e. The maximum absolute atomic E-state index is 6.20. The van der Waals surface area contributed by atoms with E-state index in [-0.39, 0.29) is 5.54 Å². The maximum atomic E-state index is 6.20. The minimum absolute atomic E-state index is 0.0397. The summed E-state index contributed by atoms with van der Waals surface area (Å²) >= 11 is 0. The summed E-state index contributed by atoms with van der Waals surface area (Å²) in [7, 11) is 0. The summed E-state index contributed by atoms with van der Waals surface area (Å²) < 4.78 is 2.07. The number of nitrogens with zero attached hydrogens (tertiary/aromatic N) is 2. The standard InChI is InChI=1S/C15H17N3/c16-15(8-9-15)12-3-5-13(6-4-12)18-14(7-10-17-18)11-1-2-11/h3-7,10-11H,1-2,8-9,16H2. The molecule has 2 aliphatic carbocycles. The van der Waals surface area contributed by atoms with Crippen molar-refractivity contribution >= 4 is 0 Å². The molecule has 0 aliphatic heterocycles. The van der Waals surface area contributed by atoms with Crippen molar-refractivity contribution in [1.29, 1.82) is 0 Å². The van der Waals surface area contributed by atoms with Gasteiger partial charge in [0, 0.05) is 23.3 Å². The molecule has 2 fully saturated rings. The van der Waals surface area contributed by atoms with Crippen LogP contribution in [0.2, 0.25) is 0 Å². The number of rotatable bonds is 3. The van der Waals surface area contributed by atoms with Crippen LogP contribution in [0.5, 0.6) is 0 Å². The average Bonchev–Trinajstić information content (AvgIpc) is 3.32. The van der Waals surface area contributed by atoms with Gasteiger partial charge in [0.05, 0.1) is 5.69 Å². The number of nitrogens with two attached hydrogens (primary N) is 1. The van der Waals surface area contributed by atoms with Crippen LogP contribution in [-0.4, -0.2) is 9.78 Å². The quantitative estimate of drug-likeness (QED) is 0.895. The van der Waals surface area contributed by atoms with Crippen molar-refractivity contribution in [2.45, 2.75) is 37.1 Å². The largest absolute Gasteiger partial charge is 0.321 e. The molecule has 0 amide bonds. The van der Waals surface area contributed by atoms with Crippen molar-refractivity contribution in [2.75, 3.05) is 0 Å². The van der Waals surface area contributed by atoms with Crippen LogP contribution in [0.4, 0.5) is 0 Å². The second-order valence-corrected chi connectivity index (χ2v) is 5.65. The van der Waals surface area contributed by atoms with Crippen molar-refractivity contribution in [3.8, 4) is 5.69 Å². The molecule has 0 spiro atoms. The summed E-state index contributed by atoms with van der Waals surface area (Å²) in [6.45, 7) is 0. The van der Waals surface area contributed by atoms with E-state index in [0.717, 1.165) is 24.4 Å². The topological polar surface area (TPSA) is 43.8 Å². The summed E-state index contributed by atoms with van der Waals surface area (Å²) in [5.74, 6) is 0.719. The van der Waals surface area contributed by atoms with Gasteiger partial charge in [-0.2, -0.15) is 5.10 Å². The van der Waals surface area contributed by atoms with Crippen LogP contribution < -0.4 is 5.73 Å². The molecule has 3 nitrogen and oxygen atoms in total. The van der Waals surface area contributed by atoms with Gasteiger partial charge in [0.25, 0.3) is 0 Å². The second kappa shape index (κ2) is 3.45. The van der Waals surface area contributed by atoms with Crippen molar-refractivity contribution in [3.05, 3.63) is 47.8 Å². The zero-order valence-electron chi connectivity index (χ0n) is 10.3. The Kier molecular flexibility index (Phi) is 1.98. The van der Waals surface area contributed by atoms with Gasteiger partial charge in [-0.1, -0.05) is 12.1 Å². The smallest absolute Gasteiger partial charge is 0.0649 e. The fourth-order valence-electron chi connectivity index (χ4n) is 2.58. The SMILES string of the molecule is NC1(c2ccc(-n3nccc3C3CC3)cc2)CC1. The van der Waals surface area contributed by atoms with Crippen molar-refractivity contribution in [3.63, 3.8) is 0 Å². The fraction of sp³-hybridized carbons (Fsp3) is 0.400. The Balaban J connectivity index is 1.69. The molecule has 0 saturated heterocycles. The average molecular weight is 239 g/mol. The normalized spacial score (nSPS) is 20.9. The van der Waals surface area contributed by atoms with Crippen molar-refractivity contribution < 1.29 is 0 Å². The van der Waals surface area contributed by atoms with Crippen molar-refractivity contribution in [1.82, 2.24) is 9.78 Å². The van der Waals surface area contributed by atoms with Crippen LogP contribution in [0, 0.1) is 0 Å². The van der Waals surface area contributed by atoms with Gasteiger partial charge < -0.3 is 5.73 Å². The Morgan fingerprint density at radius 2 is 1.83 bits per heavy atom. The molecule has 1 aromatic carbocycles. The minimum Gasteiger partial charge on any atom is -0.321 e. The highest BCUT2D eigenvalue weighted by atomic mass is 15.3. The van der Waals surface area contributed by atoms with Gasteiger partial charge in [-0.05, 0) is 49.4 Å². The van der Waals surface area contributed by atoms with Crippen molar-refractivity contribution in [2.24, 2.45) is 5.73 Å². The number of benzene rings is 1. The first-order valence-corrected chi connectivity index (χ1v) is 6.70. The first-order chi connectivity index (χ1) is 8.76. The van der Waals surface area contributed by atoms with E-state index < -0.39 is 0 Å². The highest BCUT2D eigenvalue weighted by molar-refractivity contribution is 5.40. The number of aromatic nitrogens is 2. The minimum atomic E-state index is -0.0397. The third kappa shape index (κ3) is 1.58. The third-order valence-corrected chi connectivity index (χ3v) is 4.14.